The van der Waals surface area contributed by atoms with Crippen molar-refractivity contribution in [3.63, 3.8) is 0 Å². The van der Waals surface area contributed by atoms with Gasteiger partial charge in [-0.1, -0.05) is 30.3 Å². The Balaban J connectivity index is 2.55. The van der Waals surface area contributed by atoms with Crippen LogP contribution in [0.25, 0.3) is 20.9 Å². The lowest BCUT2D eigenvalue weighted by molar-refractivity contribution is 0.426. The van der Waals surface area contributed by atoms with Crippen LogP contribution in [0.4, 0.5) is 0 Å². The van der Waals surface area contributed by atoms with Gasteiger partial charge in [0, 0.05) is 4.70 Å². The molecule has 3 rings (SSSR count). The van der Waals surface area contributed by atoms with Crippen molar-refractivity contribution in [3.05, 3.63) is 41.8 Å². The standard InChI is InChI=1S/C12H9BO2S/c14-13(15)11-7-8-5-6-16-12(8)10-4-2-1-3-9(10)11/h1-7,14-15H. The normalized spacial score (nSPS) is 11.1. The summed E-state index contributed by atoms with van der Waals surface area (Å²) in [7, 11) is -1.42. The second-order valence-electron chi connectivity index (χ2n) is 3.72. The fourth-order valence-electron chi connectivity index (χ4n) is 2.04. The Morgan fingerprint density at radius 3 is 2.50 bits per heavy atom. The van der Waals surface area contributed by atoms with Crippen molar-refractivity contribution in [2.45, 2.75) is 0 Å². The fraction of sp³-hybridized carbons (Fsp3) is 0. The molecule has 0 aliphatic heterocycles. The molecule has 0 aliphatic carbocycles. The van der Waals surface area contributed by atoms with Gasteiger partial charge >= 0.3 is 7.12 Å². The summed E-state index contributed by atoms with van der Waals surface area (Å²) < 4.78 is 1.19. The molecule has 16 heavy (non-hydrogen) atoms. The lowest BCUT2D eigenvalue weighted by Crippen LogP contribution is -2.30. The highest BCUT2D eigenvalue weighted by Crippen LogP contribution is 2.28. The highest BCUT2D eigenvalue weighted by molar-refractivity contribution is 7.18. The average molecular weight is 228 g/mol. The number of hydrogen-bond donors (Lipinski definition) is 2. The number of rotatable bonds is 1. The maximum atomic E-state index is 9.38. The zero-order valence-electron chi connectivity index (χ0n) is 8.42. The molecule has 2 N–H and O–H groups in total. The first-order valence-corrected chi connectivity index (χ1v) is 5.90. The minimum Gasteiger partial charge on any atom is -0.423 e. The number of benzene rings is 2. The van der Waals surface area contributed by atoms with E-state index >= 15 is 0 Å². The van der Waals surface area contributed by atoms with Gasteiger partial charge in [-0.25, -0.2) is 0 Å². The van der Waals surface area contributed by atoms with E-state index in [0.29, 0.717) is 5.46 Å². The van der Waals surface area contributed by atoms with Crippen molar-refractivity contribution in [2.24, 2.45) is 0 Å². The first-order chi connectivity index (χ1) is 7.77. The summed E-state index contributed by atoms with van der Waals surface area (Å²) in [6.07, 6.45) is 0. The molecule has 1 aromatic heterocycles. The molecule has 0 spiro atoms. The fourth-order valence-corrected chi connectivity index (χ4v) is 2.96. The molecule has 0 radical (unpaired) electrons. The average Bonchev–Trinajstić information content (AvgIpc) is 2.75. The van der Waals surface area contributed by atoms with Crippen molar-refractivity contribution in [1.82, 2.24) is 0 Å². The largest absolute Gasteiger partial charge is 0.489 e. The zero-order valence-corrected chi connectivity index (χ0v) is 9.24. The maximum Gasteiger partial charge on any atom is 0.489 e. The van der Waals surface area contributed by atoms with E-state index in [1.54, 1.807) is 11.3 Å². The van der Waals surface area contributed by atoms with Crippen LogP contribution in [0.2, 0.25) is 0 Å². The molecule has 0 unspecified atom stereocenters. The summed E-state index contributed by atoms with van der Waals surface area (Å²) in [6.45, 7) is 0. The highest BCUT2D eigenvalue weighted by Gasteiger charge is 2.16. The van der Waals surface area contributed by atoms with E-state index in [2.05, 4.69) is 0 Å². The van der Waals surface area contributed by atoms with Gasteiger partial charge in [0.25, 0.3) is 0 Å². The Kier molecular flexibility index (Phi) is 2.21. The summed E-state index contributed by atoms with van der Waals surface area (Å²) in [6, 6.07) is 11.7. The third-order valence-corrected chi connectivity index (χ3v) is 3.73. The van der Waals surface area contributed by atoms with Crippen LogP contribution in [0.15, 0.2) is 41.8 Å². The molecule has 0 fully saturated rings. The Bertz CT molecular complexity index is 660. The lowest BCUT2D eigenvalue weighted by Gasteiger charge is -2.06. The van der Waals surface area contributed by atoms with Gasteiger partial charge in [-0.15, -0.1) is 11.3 Å². The molecule has 4 heteroatoms. The van der Waals surface area contributed by atoms with Gasteiger partial charge in [-0.05, 0) is 33.1 Å². The van der Waals surface area contributed by atoms with E-state index in [-0.39, 0.29) is 0 Å². The van der Waals surface area contributed by atoms with Gasteiger partial charge < -0.3 is 10.0 Å². The molecule has 78 valence electrons. The van der Waals surface area contributed by atoms with Crippen LogP contribution >= 0.6 is 11.3 Å². The van der Waals surface area contributed by atoms with Gasteiger partial charge in [-0.2, -0.15) is 0 Å². The smallest absolute Gasteiger partial charge is 0.423 e. The van der Waals surface area contributed by atoms with Crippen LogP contribution in [-0.2, 0) is 0 Å². The van der Waals surface area contributed by atoms with Crippen molar-refractivity contribution >= 4 is 44.8 Å². The maximum absolute atomic E-state index is 9.38. The zero-order chi connectivity index (χ0) is 11.1. The third kappa shape index (κ3) is 1.35. The second kappa shape index (κ2) is 3.59. The van der Waals surface area contributed by atoms with Crippen LogP contribution in [0, 0.1) is 0 Å². The van der Waals surface area contributed by atoms with Crippen LogP contribution in [0.1, 0.15) is 0 Å². The van der Waals surface area contributed by atoms with Gasteiger partial charge in [0.05, 0.1) is 0 Å². The molecular weight excluding hydrogens is 219 g/mol. The first-order valence-electron chi connectivity index (χ1n) is 5.02. The molecule has 2 aromatic carbocycles. The molecule has 1 heterocycles. The minimum absolute atomic E-state index is 0.571. The van der Waals surface area contributed by atoms with Crippen molar-refractivity contribution < 1.29 is 10.0 Å². The van der Waals surface area contributed by atoms with Crippen LogP contribution in [0.3, 0.4) is 0 Å². The molecule has 0 bridgehead atoms. The summed E-state index contributed by atoms with van der Waals surface area (Å²) >= 11 is 1.67. The number of thiophene rings is 1. The quantitative estimate of drug-likeness (QED) is 0.622. The summed E-state index contributed by atoms with van der Waals surface area (Å²) in [4.78, 5) is 0. The van der Waals surface area contributed by atoms with Gasteiger partial charge in [-0.3, -0.25) is 0 Å². The molecule has 3 aromatic rings. The van der Waals surface area contributed by atoms with Crippen LogP contribution in [0.5, 0.6) is 0 Å². The molecule has 0 saturated carbocycles. The van der Waals surface area contributed by atoms with Crippen LogP contribution in [-0.4, -0.2) is 17.2 Å². The molecule has 2 nitrogen and oxygen atoms in total. The van der Waals surface area contributed by atoms with Crippen LogP contribution < -0.4 is 5.46 Å². The molecule has 0 atom stereocenters. The Morgan fingerprint density at radius 1 is 1.00 bits per heavy atom. The Morgan fingerprint density at radius 2 is 1.75 bits per heavy atom. The van der Waals surface area contributed by atoms with E-state index in [1.165, 1.54) is 4.70 Å². The molecule has 0 amide bonds. The van der Waals surface area contributed by atoms with Crippen molar-refractivity contribution in [2.75, 3.05) is 0 Å². The second-order valence-corrected chi connectivity index (χ2v) is 4.64. The minimum atomic E-state index is -1.42. The van der Waals surface area contributed by atoms with Gasteiger partial charge in [0.1, 0.15) is 0 Å². The van der Waals surface area contributed by atoms with Crippen molar-refractivity contribution in [3.8, 4) is 0 Å². The van der Waals surface area contributed by atoms with E-state index in [4.69, 9.17) is 0 Å². The van der Waals surface area contributed by atoms with E-state index in [0.717, 1.165) is 16.2 Å². The first kappa shape index (κ1) is 9.84. The van der Waals surface area contributed by atoms with E-state index < -0.39 is 7.12 Å². The topological polar surface area (TPSA) is 40.5 Å². The number of hydrogen-bond acceptors (Lipinski definition) is 3. The summed E-state index contributed by atoms with van der Waals surface area (Å²) in [5.41, 5.74) is 0.571. The Hall–Kier alpha value is -1.36. The SMILES string of the molecule is OB(O)c1cc2ccsc2c2ccccc12. The predicted molar refractivity (Wildman–Crippen MR) is 69.2 cm³/mol. The van der Waals surface area contributed by atoms with Gasteiger partial charge in [0.15, 0.2) is 0 Å². The van der Waals surface area contributed by atoms with Gasteiger partial charge in [0.2, 0.25) is 0 Å². The van der Waals surface area contributed by atoms with E-state index in [1.807, 2.05) is 41.8 Å². The monoisotopic (exact) mass is 228 g/mol. The molecule has 0 aliphatic rings. The lowest BCUT2D eigenvalue weighted by atomic mass is 9.76. The molecular formula is C12H9BO2S. The third-order valence-electron chi connectivity index (χ3n) is 2.77. The molecule has 0 saturated heterocycles. The summed E-state index contributed by atoms with van der Waals surface area (Å²) in [5, 5.41) is 23.8. The predicted octanol–water partition coefficient (Wildman–Crippen LogP) is 1.73. The Labute approximate surface area is 96.9 Å². The summed E-state index contributed by atoms with van der Waals surface area (Å²) in [5.74, 6) is 0. The highest BCUT2D eigenvalue weighted by atomic mass is 32.1. The van der Waals surface area contributed by atoms with E-state index in [9.17, 15) is 10.0 Å². The van der Waals surface area contributed by atoms with Crippen molar-refractivity contribution in [1.29, 1.82) is 0 Å². The number of fused-ring (bicyclic) bond motifs is 3.